The Morgan fingerprint density at radius 2 is 0.667 bits per heavy atom. The van der Waals surface area contributed by atoms with Crippen LogP contribution in [-0.2, 0) is 19.1 Å². The predicted molar refractivity (Wildman–Crippen MR) is 275 cm³/mol. The van der Waals surface area contributed by atoms with Gasteiger partial charge in [0.15, 0.2) is 0 Å². The Kier molecular flexibility index (Phi) is 30.4. The third-order valence-corrected chi connectivity index (χ3v) is 12.4. The highest BCUT2D eigenvalue weighted by Gasteiger charge is 2.34. The molecule has 0 saturated heterocycles. The third-order valence-electron chi connectivity index (χ3n) is 12.4. The van der Waals surface area contributed by atoms with E-state index < -0.39 is 0 Å². The largest absolute Gasteiger partial charge is 0.489 e. The van der Waals surface area contributed by atoms with Crippen LogP contribution in [-0.4, -0.2) is 25.8 Å². The Morgan fingerprint density at radius 3 is 0.937 bits per heavy atom. The standard InChI is InChI=1S/C59H92O4/c1-44(2)24-15-25-45(3)26-16-27-46(4)28-17-29-47(5)30-18-31-48(6)32-19-33-49(7)34-20-35-50(8)36-21-37-51(9)38-22-39-52(10)40-23-41-53(11)42-43-55-54(12)56(60)58(62-13)59(63-14)57(55)61/h26,28,30,32,34,36,38,40,42,44H,15-25,27,29,31,33,35,37,39,41,43H2,1-14H3/b45-26+,46-28+,47-30+,48-32+,49-34+,50-36+,51-38+,52-40+,53-42+. The molecule has 0 aliphatic heterocycles. The summed E-state index contributed by atoms with van der Waals surface area (Å²) in [7, 11) is 2.78. The van der Waals surface area contributed by atoms with Gasteiger partial charge in [-0.15, -0.1) is 0 Å². The fourth-order valence-corrected chi connectivity index (χ4v) is 7.79. The van der Waals surface area contributed by atoms with E-state index in [2.05, 4.69) is 131 Å². The molecule has 63 heavy (non-hydrogen) atoms. The molecule has 0 radical (unpaired) electrons. The first-order valence-corrected chi connectivity index (χ1v) is 24.5. The first kappa shape index (κ1) is 57.1. The summed E-state index contributed by atoms with van der Waals surface area (Å²) in [4.78, 5) is 25.5. The number of methoxy groups -OCH3 is 2. The number of allylic oxidation sites excluding steroid dienone is 20. The molecule has 4 nitrogen and oxygen atoms in total. The quantitative estimate of drug-likeness (QED) is 0.0499. The Hall–Kier alpha value is -3.92. The minimum Gasteiger partial charge on any atom is -0.489 e. The third kappa shape index (κ3) is 26.5. The van der Waals surface area contributed by atoms with Gasteiger partial charge in [0.05, 0.1) is 14.2 Å². The average molecular weight is 865 g/mol. The molecule has 0 amide bonds. The van der Waals surface area contributed by atoms with E-state index in [9.17, 15) is 9.59 Å². The molecule has 1 rings (SSSR count). The fourth-order valence-electron chi connectivity index (χ4n) is 7.79. The molecule has 0 bridgehead atoms. The molecule has 0 aromatic rings. The molecular weight excluding hydrogens is 773 g/mol. The van der Waals surface area contributed by atoms with Crippen molar-refractivity contribution in [2.45, 2.75) is 212 Å². The van der Waals surface area contributed by atoms with Gasteiger partial charge in [-0.3, -0.25) is 9.59 Å². The maximum atomic E-state index is 12.9. The van der Waals surface area contributed by atoms with E-state index in [1.807, 2.05) is 0 Å². The van der Waals surface area contributed by atoms with Crippen molar-refractivity contribution < 1.29 is 19.1 Å². The monoisotopic (exact) mass is 865 g/mol. The predicted octanol–water partition coefficient (Wildman–Crippen LogP) is 17.9. The number of carbonyl (C=O) groups is 2. The van der Waals surface area contributed by atoms with Crippen molar-refractivity contribution in [3.05, 3.63) is 128 Å². The second-order valence-corrected chi connectivity index (χ2v) is 19.1. The first-order chi connectivity index (χ1) is 30.0. The molecule has 0 unspecified atom stereocenters. The Bertz CT molecular complexity index is 1780. The van der Waals surface area contributed by atoms with E-state index in [1.165, 1.54) is 97.3 Å². The molecular formula is C59H92O4. The van der Waals surface area contributed by atoms with Crippen molar-refractivity contribution in [2.75, 3.05) is 14.2 Å². The van der Waals surface area contributed by atoms with Gasteiger partial charge < -0.3 is 9.47 Å². The molecule has 0 atom stereocenters. The van der Waals surface area contributed by atoms with Crippen LogP contribution in [0.2, 0.25) is 0 Å². The number of Topliss-reactive ketones (excluding diaryl/α,β-unsaturated/α-hetero) is 2. The van der Waals surface area contributed by atoms with Crippen LogP contribution in [0, 0.1) is 5.92 Å². The van der Waals surface area contributed by atoms with Crippen LogP contribution in [0.1, 0.15) is 212 Å². The van der Waals surface area contributed by atoms with Crippen molar-refractivity contribution in [1.82, 2.24) is 0 Å². The molecule has 0 fully saturated rings. The number of rotatable bonds is 32. The van der Waals surface area contributed by atoms with Gasteiger partial charge in [0.25, 0.3) is 0 Å². The SMILES string of the molecule is COC1=C(OC)C(=O)C(C/C=C(\C)CC/C=C(\C)CC/C=C(\C)CC/C=C(\C)CC/C=C(\C)CC/C=C(\C)CC/C=C(\C)CC/C=C(\C)CC/C=C(\C)CCCC(C)C)=C(C)C1=O. The molecule has 0 aromatic carbocycles. The molecule has 4 heteroatoms. The van der Waals surface area contributed by atoms with E-state index in [1.54, 1.807) is 12.5 Å². The summed E-state index contributed by atoms with van der Waals surface area (Å²) in [6.07, 6.45) is 43.6. The molecule has 352 valence electrons. The van der Waals surface area contributed by atoms with E-state index in [0.717, 1.165) is 89.4 Å². The van der Waals surface area contributed by atoms with Crippen LogP contribution in [0.4, 0.5) is 0 Å². The summed E-state index contributed by atoms with van der Waals surface area (Å²) >= 11 is 0. The van der Waals surface area contributed by atoms with E-state index in [-0.39, 0.29) is 23.1 Å². The van der Waals surface area contributed by atoms with Crippen LogP contribution in [0.25, 0.3) is 0 Å². The summed E-state index contributed by atoms with van der Waals surface area (Å²) in [5, 5.41) is 0. The van der Waals surface area contributed by atoms with Crippen molar-refractivity contribution in [1.29, 1.82) is 0 Å². The van der Waals surface area contributed by atoms with Crippen LogP contribution in [0.5, 0.6) is 0 Å². The number of hydrogen-bond acceptors (Lipinski definition) is 4. The molecule has 0 aromatic heterocycles. The lowest BCUT2D eigenvalue weighted by Crippen LogP contribution is -2.24. The number of hydrogen-bond donors (Lipinski definition) is 0. The zero-order valence-electron chi connectivity index (χ0n) is 43.0. The van der Waals surface area contributed by atoms with E-state index in [0.29, 0.717) is 17.6 Å². The average Bonchev–Trinajstić information content (AvgIpc) is 3.21. The van der Waals surface area contributed by atoms with E-state index >= 15 is 0 Å². The normalized spacial score (nSPS) is 16.1. The molecule has 0 saturated carbocycles. The van der Waals surface area contributed by atoms with Crippen LogP contribution in [0.3, 0.4) is 0 Å². The van der Waals surface area contributed by atoms with Gasteiger partial charge in [-0.25, -0.2) is 0 Å². The highest BCUT2D eigenvalue weighted by atomic mass is 16.5. The summed E-state index contributed by atoms with van der Waals surface area (Å²) < 4.78 is 10.3. The maximum absolute atomic E-state index is 12.9. The van der Waals surface area contributed by atoms with Crippen molar-refractivity contribution >= 4 is 11.6 Å². The van der Waals surface area contributed by atoms with Gasteiger partial charge in [-0.1, -0.05) is 125 Å². The minimum absolute atomic E-state index is 0.00618. The van der Waals surface area contributed by atoms with Gasteiger partial charge in [0, 0.05) is 11.1 Å². The van der Waals surface area contributed by atoms with Gasteiger partial charge in [-0.2, -0.15) is 0 Å². The second kappa shape index (κ2) is 33.6. The van der Waals surface area contributed by atoms with Crippen molar-refractivity contribution in [3.63, 3.8) is 0 Å². The van der Waals surface area contributed by atoms with Crippen LogP contribution >= 0.6 is 0 Å². The molecule has 0 spiro atoms. The zero-order chi connectivity index (χ0) is 47.2. The molecule has 1 aliphatic rings. The van der Waals surface area contributed by atoms with Gasteiger partial charge >= 0.3 is 0 Å². The molecule has 0 N–H and O–H groups in total. The Balaban J connectivity index is 2.30. The van der Waals surface area contributed by atoms with Gasteiger partial charge in [0.2, 0.25) is 23.1 Å². The summed E-state index contributed by atoms with van der Waals surface area (Å²) in [5.74, 6) is 0.244. The second-order valence-electron chi connectivity index (χ2n) is 19.1. The van der Waals surface area contributed by atoms with Gasteiger partial charge in [-0.05, 0) is 197 Å². The lowest BCUT2D eigenvalue weighted by Gasteiger charge is -2.19. The highest BCUT2D eigenvalue weighted by molar-refractivity contribution is 6.23. The maximum Gasteiger partial charge on any atom is 0.228 e. The summed E-state index contributed by atoms with van der Waals surface area (Å²) in [6.45, 7) is 26.7. The first-order valence-electron chi connectivity index (χ1n) is 24.5. The molecule has 0 heterocycles. The number of ether oxygens (including phenoxy) is 2. The minimum atomic E-state index is -0.283. The van der Waals surface area contributed by atoms with E-state index in [4.69, 9.17) is 9.47 Å². The highest BCUT2D eigenvalue weighted by Crippen LogP contribution is 2.28. The topological polar surface area (TPSA) is 52.6 Å². The van der Waals surface area contributed by atoms with Crippen molar-refractivity contribution in [3.8, 4) is 0 Å². The number of carbonyl (C=O) groups excluding carboxylic acids is 2. The summed E-state index contributed by atoms with van der Waals surface area (Å²) in [5.41, 5.74) is 14.1. The fraction of sp³-hybridized carbons (Fsp3) is 0.593. The Morgan fingerprint density at radius 1 is 0.413 bits per heavy atom. The smallest absolute Gasteiger partial charge is 0.228 e. The summed E-state index contributed by atoms with van der Waals surface area (Å²) in [6, 6.07) is 0. The van der Waals surface area contributed by atoms with Crippen LogP contribution < -0.4 is 0 Å². The van der Waals surface area contributed by atoms with Gasteiger partial charge in [0.1, 0.15) is 0 Å². The van der Waals surface area contributed by atoms with Crippen molar-refractivity contribution in [2.24, 2.45) is 5.92 Å². The Labute approximate surface area is 388 Å². The van der Waals surface area contributed by atoms with Crippen LogP contribution in [0.15, 0.2) is 128 Å². The lowest BCUT2D eigenvalue weighted by molar-refractivity contribution is -0.121. The zero-order valence-corrected chi connectivity index (χ0v) is 43.0. The number of ketones is 2. The molecule has 1 aliphatic carbocycles. The lowest BCUT2D eigenvalue weighted by atomic mass is 9.90.